The lowest BCUT2D eigenvalue weighted by Gasteiger charge is -2.15. The molecular formula is C13H9BrF3N. The molecule has 1 atom stereocenters. The van der Waals surface area contributed by atoms with E-state index in [0.29, 0.717) is 4.47 Å². The van der Waals surface area contributed by atoms with E-state index in [-0.39, 0.29) is 11.1 Å². The lowest BCUT2D eigenvalue weighted by Crippen LogP contribution is -2.15. The summed E-state index contributed by atoms with van der Waals surface area (Å²) in [4.78, 5) is 0. The first-order valence-corrected chi connectivity index (χ1v) is 5.94. The molecule has 1 unspecified atom stereocenters. The zero-order valence-electron chi connectivity index (χ0n) is 9.13. The second-order valence-electron chi connectivity index (χ2n) is 3.82. The Bertz CT molecular complexity index is 546. The number of rotatable bonds is 2. The van der Waals surface area contributed by atoms with Crippen molar-refractivity contribution in [3.63, 3.8) is 0 Å². The van der Waals surface area contributed by atoms with E-state index in [0.717, 1.165) is 18.2 Å². The molecule has 0 spiro atoms. The maximum Gasteiger partial charge on any atom is 0.129 e. The Morgan fingerprint density at radius 1 is 1.00 bits per heavy atom. The van der Waals surface area contributed by atoms with E-state index in [1.807, 2.05) is 0 Å². The molecule has 0 fully saturated rings. The first-order valence-electron chi connectivity index (χ1n) is 5.14. The summed E-state index contributed by atoms with van der Waals surface area (Å²) in [5.41, 5.74) is 6.20. The van der Waals surface area contributed by atoms with E-state index in [1.54, 1.807) is 6.07 Å². The normalized spacial score (nSPS) is 12.5. The number of hydrogen-bond donors (Lipinski definition) is 1. The molecule has 2 aromatic carbocycles. The van der Waals surface area contributed by atoms with Crippen LogP contribution in [0.15, 0.2) is 40.9 Å². The average Bonchev–Trinajstić information content (AvgIpc) is 2.27. The average molecular weight is 316 g/mol. The van der Waals surface area contributed by atoms with E-state index < -0.39 is 23.5 Å². The van der Waals surface area contributed by atoms with Crippen LogP contribution in [-0.4, -0.2) is 0 Å². The molecule has 5 heteroatoms. The zero-order chi connectivity index (χ0) is 13.3. The molecule has 0 heterocycles. The summed E-state index contributed by atoms with van der Waals surface area (Å²) in [6.45, 7) is 0. The number of hydrogen-bond acceptors (Lipinski definition) is 1. The molecular weight excluding hydrogens is 307 g/mol. The Morgan fingerprint density at radius 3 is 2.17 bits per heavy atom. The fraction of sp³-hybridized carbons (Fsp3) is 0.0769. The van der Waals surface area contributed by atoms with Crippen molar-refractivity contribution in [2.75, 3.05) is 0 Å². The molecule has 0 amide bonds. The monoisotopic (exact) mass is 315 g/mol. The lowest BCUT2D eigenvalue weighted by atomic mass is 9.99. The molecule has 94 valence electrons. The lowest BCUT2D eigenvalue weighted by molar-refractivity contribution is 0.571. The largest absolute Gasteiger partial charge is 0.320 e. The van der Waals surface area contributed by atoms with Gasteiger partial charge in [0, 0.05) is 16.1 Å². The number of nitrogens with two attached hydrogens (primary N) is 1. The predicted octanol–water partition coefficient (Wildman–Crippen LogP) is 3.91. The highest BCUT2D eigenvalue weighted by Gasteiger charge is 2.18. The van der Waals surface area contributed by atoms with Crippen molar-refractivity contribution in [1.29, 1.82) is 0 Å². The molecule has 0 aliphatic carbocycles. The molecule has 2 rings (SSSR count). The minimum atomic E-state index is -0.939. The third-order valence-electron chi connectivity index (χ3n) is 2.55. The van der Waals surface area contributed by atoms with Crippen molar-refractivity contribution in [1.82, 2.24) is 0 Å². The van der Waals surface area contributed by atoms with Crippen molar-refractivity contribution in [3.05, 3.63) is 69.4 Å². The minimum absolute atomic E-state index is 0.169. The summed E-state index contributed by atoms with van der Waals surface area (Å²) in [5, 5.41) is 0. The molecule has 2 N–H and O–H groups in total. The maximum atomic E-state index is 13.7. The minimum Gasteiger partial charge on any atom is -0.320 e. The molecule has 18 heavy (non-hydrogen) atoms. The Labute approximate surface area is 111 Å². The van der Waals surface area contributed by atoms with E-state index in [9.17, 15) is 13.2 Å². The first-order chi connectivity index (χ1) is 8.49. The standard InChI is InChI=1S/C13H9BrF3N/c14-10-2-1-3-11(17)12(10)13(18)7-4-8(15)6-9(16)5-7/h1-6,13H,18H2. The van der Waals surface area contributed by atoms with Crippen LogP contribution in [0.4, 0.5) is 13.2 Å². The van der Waals surface area contributed by atoms with Crippen LogP contribution in [0.2, 0.25) is 0 Å². The van der Waals surface area contributed by atoms with Crippen LogP contribution in [0.25, 0.3) is 0 Å². The van der Waals surface area contributed by atoms with E-state index in [2.05, 4.69) is 15.9 Å². The van der Waals surface area contributed by atoms with Crippen molar-refractivity contribution in [3.8, 4) is 0 Å². The van der Waals surface area contributed by atoms with E-state index >= 15 is 0 Å². The van der Waals surface area contributed by atoms with Gasteiger partial charge in [0.15, 0.2) is 0 Å². The second kappa shape index (κ2) is 5.12. The SMILES string of the molecule is NC(c1cc(F)cc(F)c1)c1c(F)cccc1Br. The van der Waals surface area contributed by atoms with Gasteiger partial charge in [-0.15, -0.1) is 0 Å². The first kappa shape index (κ1) is 13.1. The quantitative estimate of drug-likeness (QED) is 0.893. The van der Waals surface area contributed by atoms with Gasteiger partial charge < -0.3 is 5.73 Å². The Balaban J connectivity index is 2.51. The van der Waals surface area contributed by atoms with Gasteiger partial charge in [0.1, 0.15) is 17.5 Å². The molecule has 0 aliphatic heterocycles. The van der Waals surface area contributed by atoms with Crippen LogP contribution in [0.1, 0.15) is 17.2 Å². The Hall–Kier alpha value is -1.33. The maximum absolute atomic E-state index is 13.7. The topological polar surface area (TPSA) is 26.0 Å². The van der Waals surface area contributed by atoms with E-state index in [4.69, 9.17) is 5.73 Å². The molecule has 2 aromatic rings. The zero-order valence-corrected chi connectivity index (χ0v) is 10.7. The number of benzene rings is 2. The van der Waals surface area contributed by atoms with Gasteiger partial charge in [0.25, 0.3) is 0 Å². The number of halogens is 4. The highest BCUT2D eigenvalue weighted by atomic mass is 79.9. The summed E-state index contributed by atoms with van der Waals surface area (Å²) in [5.74, 6) is -2.01. The van der Waals surface area contributed by atoms with Crippen LogP contribution in [0.3, 0.4) is 0 Å². The van der Waals surface area contributed by atoms with Crippen molar-refractivity contribution < 1.29 is 13.2 Å². The van der Waals surface area contributed by atoms with E-state index in [1.165, 1.54) is 12.1 Å². The summed E-state index contributed by atoms with van der Waals surface area (Å²) >= 11 is 3.17. The summed E-state index contributed by atoms with van der Waals surface area (Å²) in [7, 11) is 0. The van der Waals surface area contributed by atoms with Crippen molar-refractivity contribution in [2.45, 2.75) is 6.04 Å². The molecule has 0 saturated carbocycles. The highest BCUT2D eigenvalue weighted by Crippen LogP contribution is 2.29. The summed E-state index contributed by atoms with van der Waals surface area (Å²) < 4.78 is 40.4. The molecule has 0 aliphatic rings. The molecule has 1 nitrogen and oxygen atoms in total. The molecule has 0 radical (unpaired) electrons. The van der Waals surface area contributed by atoms with Crippen LogP contribution in [0, 0.1) is 17.5 Å². The molecule has 0 saturated heterocycles. The van der Waals surface area contributed by atoms with Crippen molar-refractivity contribution >= 4 is 15.9 Å². The van der Waals surface area contributed by atoms with Gasteiger partial charge in [-0.2, -0.15) is 0 Å². The van der Waals surface area contributed by atoms with Gasteiger partial charge >= 0.3 is 0 Å². The van der Waals surface area contributed by atoms with Gasteiger partial charge in [0.2, 0.25) is 0 Å². The van der Waals surface area contributed by atoms with Gasteiger partial charge in [-0.3, -0.25) is 0 Å². The third-order valence-corrected chi connectivity index (χ3v) is 3.25. The Kier molecular flexibility index (Phi) is 3.73. The molecule has 0 aromatic heterocycles. The van der Waals surface area contributed by atoms with Gasteiger partial charge in [-0.1, -0.05) is 22.0 Å². The van der Waals surface area contributed by atoms with Gasteiger partial charge in [-0.25, -0.2) is 13.2 Å². The Morgan fingerprint density at radius 2 is 1.61 bits per heavy atom. The predicted molar refractivity (Wildman–Crippen MR) is 66.5 cm³/mol. The van der Waals surface area contributed by atoms with Gasteiger partial charge in [-0.05, 0) is 29.8 Å². The highest BCUT2D eigenvalue weighted by molar-refractivity contribution is 9.10. The van der Waals surface area contributed by atoms with Gasteiger partial charge in [0.05, 0.1) is 6.04 Å². The van der Waals surface area contributed by atoms with Crippen LogP contribution >= 0.6 is 15.9 Å². The third kappa shape index (κ3) is 2.57. The van der Waals surface area contributed by atoms with Crippen LogP contribution in [0.5, 0.6) is 0 Å². The van der Waals surface area contributed by atoms with Crippen LogP contribution < -0.4 is 5.73 Å². The smallest absolute Gasteiger partial charge is 0.129 e. The fourth-order valence-corrected chi connectivity index (χ4v) is 2.32. The second-order valence-corrected chi connectivity index (χ2v) is 4.67. The van der Waals surface area contributed by atoms with Crippen LogP contribution in [-0.2, 0) is 0 Å². The summed E-state index contributed by atoms with van der Waals surface area (Å²) in [6, 6.07) is 6.36. The fourth-order valence-electron chi connectivity index (χ4n) is 1.73. The molecule has 0 bridgehead atoms. The van der Waals surface area contributed by atoms with Crippen molar-refractivity contribution in [2.24, 2.45) is 5.73 Å². The summed E-state index contributed by atoms with van der Waals surface area (Å²) in [6.07, 6.45) is 0.